The quantitative estimate of drug-likeness (QED) is 0.444. The Morgan fingerprint density at radius 3 is 3.06 bits per heavy atom. The highest BCUT2D eigenvalue weighted by molar-refractivity contribution is 14.1. The smallest absolute Gasteiger partial charge is 0.256 e. The zero-order chi connectivity index (χ0) is 13.0. The molecule has 1 aliphatic rings. The summed E-state index contributed by atoms with van der Waals surface area (Å²) < 4.78 is 6.27. The van der Waals surface area contributed by atoms with Crippen LogP contribution in [0.5, 0.6) is 0 Å². The molecule has 1 fully saturated rings. The van der Waals surface area contributed by atoms with Crippen molar-refractivity contribution in [3.63, 3.8) is 0 Å². The molecule has 1 heterocycles. The Bertz CT molecular complexity index is 421. The molecule has 1 aromatic rings. The Hall–Kier alpha value is -0.690. The molecule has 4 nitrogen and oxygen atoms in total. The topological polar surface area (TPSA) is 42.4 Å². The normalized spacial score (nSPS) is 14.6. The summed E-state index contributed by atoms with van der Waals surface area (Å²) in [5, 5.41) is 0. The second kappa shape index (κ2) is 6.47. The fraction of sp³-hybridized carbons (Fsp3) is 0.538. The molecule has 0 unspecified atom stereocenters. The summed E-state index contributed by atoms with van der Waals surface area (Å²) in [7, 11) is 1.80. The van der Waals surface area contributed by atoms with E-state index in [2.05, 4.69) is 27.6 Å². The summed E-state index contributed by atoms with van der Waals surface area (Å²) in [6, 6.07) is 3.59. The van der Waals surface area contributed by atoms with Crippen LogP contribution in [0.3, 0.4) is 0 Å². The van der Waals surface area contributed by atoms with Gasteiger partial charge in [-0.1, -0.05) is 0 Å². The van der Waals surface area contributed by atoms with Crippen LogP contribution >= 0.6 is 22.6 Å². The molecule has 0 aliphatic heterocycles. The minimum Gasteiger partial charge on any atom is -0.379 e. The molecular weight excluding hydrogens is 343 g/mol. The molecule has 1 aromatic heterocycles. The van der Waals surface area contributed by atoms with E-state index in [-0.39, 0.29) is 5.91 Å². The van der Waals surface area contributed by atoms with Crippen LogP contribution in [0.15, 0.2) is 18.3 Å². The van der Waals surface area contributed by atoms with E-state index in [4.69, 9.17) is 4.74 Å². The number of hydrogen-bond donors (Lipinski definition) is 0. The van der Waals surface area contributed by atoms with Crippen molar-refractivity contribution in [1.29, 1.82) is 0 Å². The first-order valence-corrected chi connectivity index (χ1v) is 7.20. The van der Waals surface area contributed by atoms with Gasteiger partial charge in [-0.05, 0) is 53.5 Å². The summed E-state index contributed by atoms with van der Waals surface area (Å²) in [6.45, 7) is 2.07. The molecular formula is C13H17IN2O2. The van der Waals surface area contributed by atoms with Crippen molar-refractivity contribution in [3.8, 4) is 0 Å². The minimum atomic E-state index is 0.00234. The third kappa shape index (κ3) is 3.91. The fourth-order valence-corrected chi connectivity index (χ4v) is 2.16. The Morgan fingerprint density at radius 2 is 2.39 bits per heavy atom. The number of ether oxygens (including phenoxy) is 1. The molecule has 0 atom stereocenters. The van der Waals surface area contributed by atoms with E-state index in [9.17, 15) is 4.79 Å². The highest BCUT2D eigenvalue weighted by Gasteiger charge is 2.21. The Morgan fingerprint density at radius 1 is 1.61 bits per heavy atom. The zero-order valence-corrected chi connectivity index (χ0v) is 12.6. The van der Waals surface area contributed by atoms with Crippen LogP contribution in [0.4, 0.5) is 0 Å². The minimum absolute atomic E-state index is 0.00234. The summed E-state index contributed by atoms with van der Waals surface area (Å²) >= 11 is 2.08. The first kappa shape index (κ1) is 13.7. The van der Waals surface area contributed by atoms with Gasteiger partial charge in [-0.15, -0.1) is 0 Å². The molecule has 1 aliphatic carbocycles. The molecule has 0 N–H and O–H groups in total. The Balaban J connectivity index is 1.78. The number of carbonyl (C=O) groups excluding carboxylic acids is 1. The van der Waals surface area contributed by atoms with E-state index in [0.29, 0.717) is 18.7 Å². The first-order chi connectivity index (χ1) is 8.68. The monoisotopic (exact) mass is 360 g/mol. The average molecular weight is 360 g/mol. The van der Waals surface area contributed by atoms with Gasteiger partial charge in [0.15, 0.2) is 0 Å². The Kier molecular flexibility index (Phi) is 4.94. The molecule has 1 amide bonds. The molecule has 98 valence electrons. The van der Waals surface area contributed by atoms with Crippen molar-refractivity contribution in [2.24, 2.45) is 5.92 Å². The number of hydrogen-bond acceptors (Lipinski definition) is 3. The van der Waals surface area contributed by atoms with E-state index in [1.807, 2.05) is 0 Å². The number of likely N-dealkylation sites (N-methyl/N-ethyl adjacent to an activating group) is 1. The highest BCUT2D eigenvalue weighted by atomic mass is 127. The number of pyridine rings is 1. The molecule has 0 spiro atoms. The Labute approximate surface area is 121 Å². The summed E-state index contributed by atoms with van der Waals surface area (Å²) in [4.78, 5) is 17.9. The third-order valence-corrected chi connectivity index (χ3v) is 3.82. The number of rotatable bonds is 6. The lowest BCUT2D eigenvalue weighted by atomic mass is 10.2. The number of carbonyl (C=O) groups is 1. The lowest BCUT2D eigenvalue weighted by molar-refractivity contribution is 0.0679. The molecule has 1 saturated carbocycles. The molecule has 18 heavy (non-hydrogen) atoms. The number of nitrogens with zero attached hydrogens (tertiary/aromatic N) is 2. The second-order valence-corrected chi connectivity index (χ2v) is 5.61. The first-order valence-electron chi connectivity index (χ1n) is 6.12. The van der Waals surface area contributed by atoms with Gasteiger partial charge < -0.3 is 9.64 Å². The second-order valence-electron chi connectivity index (χ2n) is 4.59. The summed E-state index contributed by atoms with van der Waals surface area (Å²) in [5.74, 6) is 0.771. The van der Waals surface area contributed by atoms with Crippen molar-refractivity contribution in [2.45, 2.75) is 12.8 Å². The van der Waals surface area contributed by atoms with Gasteiger partial charge in [-0.3, -0.25) is 4.79 Å². The maximum absolute atomic E-state index is 12.1. The van der Waals surface area contributed by atoms with Crippen molar-refractivity contribution >= 4 is 28.5 Å². The van der Waals surface area contributed by atoms with Crippen LogP contribution < -0.4 is 0 Å². The van der Waals surface area contributed by atoms with Crippen LogP contribution in [0.25, 0.3) is 0 Å². The maximum atomic E-state index is 12.1. The number of amides is 1. The van der Waals surface area contributed by atoms with Crippen LogP contribution in [0.2, 0.25) is 0 Å². The fourth-order valence-electron chi connectivity index (χ4n) is 1.59. The van der Waals surface area contributed by atoms with Gasteiger partial charge in [0.1, 0.15) is 3.70 Å². The van der Waals surface area contributed by atoms with E-state index < -0.39 is 0 Å². The highest BCUT2D eigenvalue weighted by Crippen LogP contribution is 2.28. The van der Waals surface area contributed by atoms with E-state index in [1.165, 1.54) is 12.8 Å². The van der Waals surface area contributed by atoms with Gasteiger partial charge in [0, 0.05) is 26.4 Å². The van der Waals surface area contributed by atoms with Crippen LogP contribution in [-0.4, -0.2) is 42.6 Å². The lowest BCUT2D eigenvalue weighted by Gasteiger charge is -2.17. The summed E-state index contributed by atoms with van der Waals surface area (Å²) in [5.41, 5.74) is 0.655. The predicted octanol–water partition coefficient (Wildman–Crippen LogP) is 2.18. The van der Waals surface area contributed by atoms with Crippen molar-refractivity contribution < 1.29 is 9.53 Å². The number of aromatic nitrogens is 1. The zero-order valence-electron chi connectivity index (χ0n) is 10.4. The lowest BCUT2D eigenvalue weighted by Crippen LogP contribution is -2.31. The van der Waals surface area contributed by atoms with Gasteiger partial charge in [0.2, 0.25) is 0 Å². The predicted molar refractivity (Wildman–Crippen MR) is 77.5 cm³/mol. The maximum Gasteiger partial charge on any atom is 0.256 e. The largest absolute Gasteiger partial charge is 0.379 e. The third-order valence-electron chi connectivity index (χ3n) is 2.96. The van der Waals surface area contributed by atoms with Crippen molar-refractivity contribution in [2.75, 3.05) is 26.8 Å². The van der Waals surface area contributed by atoms with Crippen LogP contribution in [0, 0.1) is 9.62 Å². The van der Waals surface area contributed by atoms with Gasteiger partial charge >= 0.3 is 0 Å². The molecule has 0 aromatic carbocycles. The molecule has 0 radical (unpaired) electrons. The van der Waals surface area contributed by atoms with Gasteiger partial charge in [-0.2, -0.15) is 0 Å². The van der Waals surface area contributed by atoms with Crippen LogP contribution in [0.1, 0.15) is 23.2 Å². The number of halogens is 1. The van der Waals surface area contributed by atoms with Gasteiger partial charge in [0.25, 0.3) is 5.91 Å². The van der Waals surface area contributed by atoms with Crippen molar-refractivity contribution in [1.82, 2.24) is 9.88 Å². The van der Waals surface area contributed by atoms with E-state index in [1.54, 1.807) is 30.3 Å². The van der Waals surface area contributed by atoms with Crippen molar-refractivity contribution in [3.05, 3.63) is 27.6 Å². The van der Waals surface area contributed by atoms with Crippen LogP contribution in [-0.2, 0) is 4.74 Å². The SMILES string of the molecule is CN(CCOCC1CC1)C(=O)c1cccnc1I. The van der Waals surface area contributed by atoms with Gasteiger partial charge in [0.05, 0.1) is 12.2 Å². The van der Waals surface area contributed by atoms with Gasteiger partial charge in [-0.25, -0.2) is 4.98 Å². The molecule has 0 saturated heterocycles. The summed E-state index contributed by atoms with van der Waals surface area (Å²) in [6.07, 6.45) is 4.28. The molecule has 0 bridgehead atoms. The van der Waals surface area contributed by atoms with E-state index in [0.717, 1.165) is 16.2 Å². The molecule has 2 rings (SSSR count). The van der Waals surface area contributed by atoms with E-state index >= 15 is 0 Å². The molecule has 5 heteroatoms. The standard InChI is InChI=1S/C13H17IN2O2/c1-16(7-8-18-9-10-4-5-10)13(17)11-3-2-6-15-12(11)14/h2-3,6,10H,4-5,7-9H2,1H3. The average Bonchev–Trinajstić information content (AvgIpc) is 3.18.